The van der Waals surface area contributed by atoms with E-state index in [0.29, 0.717) is 16.9 Å². The number of carbonyl (C=O) groups excluding carboxylic acids is 3. The summed E-state index contributed by atoms with van der Waals surface area (Å²) in [4.78, 5) is 37.9. The molecule has 2 N–H and O–H groups in total. The molecule has 0 aliphatic carbocycles. The normalized spacial score (nSPS) is 13.1. The fraction of sp³-hybridized carbons (Fsp3) is 0.409. The van der Waals surface area contributed by atoms with Crippen LogP contribution in [-0.4, -0.2) is 43.9 Å². The lowest BCUT2D eigenvalue weighted by Crippen LogP contribution is -2.69. The Labute approximate surface area is 193 Å². The number of methoxy groups -OCH3 is 2. The van der Waals surface area contributed by atoms with Crippen molar-refractivity contribution in [2.24, 2.45) is 0 Å². The molecule has 33 heavy (non-hydrogen) atoms. The van der Waals surface area contributed by atoms with Crippen LogP contribution in [0, 0.1) is 6.92 Å². The van der Waals surface area contributed by atoms with E-state index in [-0.39, 0.29) is 23.4 Å². The summed E-state index contributed by atoms with van der Waals surface area (Å²) in [6, 6.07) is 8.70. The lowest BCUT2D eigenvalue weighted by atomic mass is 10.1. The van der Waals surface area contributed by atoms with Gasteiger partial charge in [-0.15, -0.1) is 11.3 Å². The second-order valence-electron chi connectivity index (χ2n) is 7.08. The number of carbonyl (C=O) groups is 3. The Hall–Kier alpha value is -3.08. The number of hydrogen-bond acceptors (Lipinski definition) is 7. The van der Waals surface area contributed by atoms with E-state index in [9.17, 15) is 27.6 Å². The molecule has 2 aromatic rings. The number of benzene rings is 1. The van der Waals surface area contributed by atoms with E-state index in [0.717, 1.165) is 31.1 Å². The van der Waals surface area contributed by atoms with Crippen LogP contribution in [-0.2, 0) is 31.9 Å². The van der Waals surface area contributed by atoms with Gasteiger partial charge in [0.25, 0.3) is 0 Å². The monoisotopic (exact) mass is 486 g/mol. The minimum absolute atomic E-state index is 0.126. The number of esters is 2. The number of amides is 1. The van der Waals surface area contributed by atoms with Gasteiger partial charge in [0.15, 0.2) is 0 Å². The van der Waals surface area contributed by atoms with Gasteiger partial charge in [-0.05, 0) is 30.9 Å². The smallest absolute Gasteiger partial charge is 0.441 e. The third-order valence-corrected chi connectivity index (χ3v) is 6.04. The van der Waals surface area contributed by atoms with E-state index in [2.05, 4.69) is 10.1 Å². The van der Waals surface area contributed by atoms with E-state index in [1.165, 1.54) is 0 Å². The number of ether oxygens (including phenoxy) is 2. The van der Waals surface area contributed by atoms with Crippen molar-refractivity contribution in [2.45, 2.75) is 44.9 Å². The highest BCUT2D eigenvalue weighted by Crippen LogP contribution is 2.40. The Kier molecular flexibility index (Phi) is 8.48. The molecule has 1 amide bonds. The molecule has 180 valence electrons. The van der Waals surface area contributed by atoms with Crippen LogP contribution in [0.25, 0.3) is 0 Å². The zero-order valence-corrected chi connectivity index (χ0v) is 19.4. The lowest BCUT2D eigenvalue weighted by molar-refractivity contribution is -0.206. The second kappa shape index (κ2) is 10.7. The standard InChI is InChI=1S/C22H25F3N2O5S/c1-5-15-13(2)33-18(17(15)19(29)31-3)27-21(20(30)32-4,22(23,24)25)26-16(28)12-11-14-9-7-6-8-10-14/h6-10,27H,5,11-12H2,1-4H3,(H,26,28)/t21-/m0/s1. The summed E-state index contributed by atoms with van der Waals surface area (Å²) < 4.78 is 52.2. The maximum absolute atomic E-state index is 14.3. The van der Waals surface area contributed by atoms with E-state index < -0.39 is 29.7 Å². The molecule has 0 saturated heterocycles. The van der Waals surface area contributed by atoms with Crippen LogP contribution in [0.3, 0.4) is 0 Å². The third-order valence-electron chi connectivity index (χ3n) is 4.98. The fourth-order valence-electron chi connectivity index (χ4n) is 3.30. The first-order valence-electron chi connectivity index (χ1n) is 9.99. The predicted molar refractivity (Wildman–Crippen MR) is 117 cm³/mol. The summed E-state index contributed by atoms with van der Waals surface area (Å²) in [5.41, 5.74) is -2.52. The van der Waals surface area contributed by atoms with Gasteiger partial charge < -0.3 is 20.1 Å². The molecule has 11 heteroatoms. The predicted octanol–water partition coefficient (Wildman–Crippen LogP) is 4.00. The van der Waals surface area contributed by atoms with Gasteiger partial charge in [-0.1, -0.05) is 37.3 Å². The number of halogens is 3. The van der Waals surface area contributed by atoms with Crippen molar-refractivity contribution in [3.63, 3.8) is 0 Å². The Morgan fingerprint density at radius 3 is 2.21 bits per heavy atom. The molecule has 0 fully saturated rings. The van der Waals surface area contributed by atoms with Crippen molar-refractivity contribution in [1.82, 2.24) is 5.32 Å². The SMILES string of the molecule is CCc1c(C)sc(N[C@@](NC(=O)CCc2ccccc2)(C(=O)OC)C(F)(F)F)c1C(=O)OC. The molecule has 7 nitrogen and oxygen atoms in total. The van der Waals surface area contributed by atoms with Crippen molar-refractivity contribution >= 4 is 34.2 Å². The first-order chi connectivity index (χ1) is 15.5. The van der Waals surface area contributed by atoms with Gasteiger partial charge >= 0.3 is 23.8 Å². The van der Waals surface area contributed by atoms with E-state index in [1.807, 2.05) is 0 Å². The maximum atomic E-state index is 14.3. The summed E-state index contributed by atoms with van der Waals surface area (Å²) in [7, 11) is 1.88. The Morgan fingerprint density at radius 1 is 1.06 bits per heavy atom. The van der Waals surface area contributed by atoms with Crippen molar-refractivity contribution in [3.8, 4) is 0 Å². The zero-order chi connectivity index (χ0) is 24.8. The number of anilines is 1. The van der Waals surface area contributed by atoms with Crippen LogP contribution in [0.4, 0.5) is 18.2 Å². The quantitative estimate of drug-likeness (QED) is 0.411. The molecule has 0 unspecified atom stereocenters. The van der Waals surface area contributed by atoms with E-state index in [1.54, 1.807) is 49.5 Å². The van der Waals surface area contributed by atoms with Crippen LogP contribution < -0.4 is 10.6 Å². The molecule has 0 saturated carbocycles. The number of hydrogen-bond donors (Lipinski definition) is 2. The van der Waals surface area contributed by atoms with Crippen molar-refractivity contribution in [2.75, 3.05) is 19.5 Å². The molecule has 1 heterocycles. The maximum Gasteiger partial charge on any atom is 0.441 e. The van der Waals surface area contributed by atoms with Gasteiger partial charge in [0.2, 0.25) is 5.91 Å². The van der Waals surface area contributed by atoms with Gasteiger partial charge in [-0.3, -0.25) is 4.79 Å². The Bertz CT molecular complexity index is 1010. The average Bonchev–Trinajstić information content (AvgIpc) is 3.10. The molecule has 1 aromatic heterocycles. The fourth-order valence-corrected chi connectivity index (χ4v) is 4.49. The molecule has 1 aromatic carbocycles. The first kappa shape index (κ1) is 26.2. The van der Waals surface area contributed by atoms with Crippen LogP contribution in [0.15, 0.2) is 30.3 Å². The molecule has 0 spiro atoms. The number of rotatable bonds is 9. The lowest BCUT2D eigenvalue weighted by Gasteiger charge is -2.34. The molecule has 1 atom stereocenters. The summed E-state index contributed by atoms with van der Waals surface area (Å²) >= 11 is 0.846. The molecule has 0 radical (unpaired) electrons. The summed E-state index contributed by atoms with van der Waals surface area (Å²) in [6.07, 6.45) is -5.11. The molecule has 0 bridgehead atoms. The Balaban J connectivity index is 2.48. The van der Waals surface area contributed by atoms with Crippen molar-refractivity contribution < 1.29 is 37.0 Å². The van der Waals surface area contributed by atoms with Crippen LogP contribution >= 0.6 is 11.3 Å². The minimum Gasteiger partial charge on any atom is -0.466 e. The van der Waals surface area contributed by atoms with E-state index in [4.69, 9.17) is 4.74 Å². The number of aryl methyl sites for hydroxylation is 2. The Morgan fingerprint density at radius 2 is 1.70 bits per heavy atom. The van der Waals surface area contributed by atoms with Crippen molar-refractivity contribution in [1.29, 1.82) is 0 Å². The minimum atomic E-state index is -5.31. The van der Waals surface area contributed by atoms with Crippen LogP contribution in [0.1, 0.15) is 39.7 Å². The second-order valence-corrected chi connectivity index (χ2v) is 8.31. The van der Waals surface area contributed by atoms with Gasteiger partial charge in [-0.25, -0.2) is 9.59 Å². The van der Waals surface area contributed by atoms with Gasteiger partial charge in [0.1, 0.15) is 5.00 Å². The summed E-state index contributed by atoms with van der Waals surface area (Å²) in [5.74, 6) is -3.67. The van der Waals surface area contributed by atoms with E-state index >= 15 is 0 Å². The largest absolute Gasteiger partial charge is 0.466 e. The average molecular weight is 487 g/mol. The number of nitrogens with one attached hydrogen (secondary N) is 2. The highest BCUT2D eigenvalue weighted by Gasteiger charge is 2.64. The zero-order valence-electron chi connectivity index (χ0n) is 18.6. The highest BCUT2D eigenvalue weighted by atomic mass is 32.1. The summed E-state index contributed by atoms with van der Waals surface area (Å²) in [6.45, 7) is 3.36. The molecule has 2 rings (SSSR count). The topological polar surface area (TPSA) is 93.7 Å². The van der Waals surface area contributed by atoms with Crippen LogP contribution in [0.5, 0.6) is 0 Å². The van der Waals surface area contributed by atoms with Gasteiger partial charge in [0, 0.05) is 11.3 Å². The molecular weight excluding hydrogens is 461 g/mol. The molecule has 0 aliphatic rings. The van der Waals surface area contributed by atoms with Crippen LogP contribution in [0.2, 0.25) is 0 Å². The molecular formula is C22H25F3N2O5S. The third kappa shape index (κ3) is 5.65. The molecule has 0 aliphatic heterocycles. The number of alkyl halides is 3. The van der Waals surface area contributed by atoms with Crippen molar-refractivity contribution in [3.05, 3.63) is 51.9 Å². The van der Waals surface area contributed by atoms with Gasteiger partial charge in [-0.2, -0.15) is 13.2 Å². The number of thiophene rings is 1. The first-order valence-corrected chi connectivity index (χ1v) is 10.8. The highest BCUT2D eigenvalue weighted by molar-refractivity contribution is 7.16. The summed E-state index contributed by atoms with van der Waals surface area (Å²) in [5, 5.41) is 3.59. The van der Waals surface area contributed by atoms with Gasteiger partial charge in [0.05, 0.1) is 19.8 Å².